The van der Waals surface area contributed by atoms with Crippen molar-refractivity contribution >= 4 is 11.6 Å². The molecule has 116 valence electrons. The number of nitrogens with zero attached hydrogens (tertiary/aromatic N) is 4. The number of fused-ring (bicyclic) bond motifs is 3. The second-order valence-electron chi connectivity index (χ2n) is 5.79. The largest absolute Gasteiger partial charge is 0.294 e. The third-order valence-electron chi connectivity index (χ3n) is 4.34. The summed E-state index contributed by atoms with van der Waals surface area (Å²) in [5.74, 6) is 1.03. The van der Waals surface area contributed by atoms with Crippen LogP contribution in [0.3, 0.4) is 0 Å². The molecule has 23 heavy (non-hydrogen) atoms. The van der Waals surface area contributed by atoms with E-state index in [4.69, 9.17) is 0 Å². The van der Waals surface area contributed by atoms with Gasteiger partial charge in [-0.2, -0.15) is 4.98 Å². The fourth-order valence-electron chi connectivity index (χ4n) is 3.11. The Bertz CT molecular complexity index is 901. The van der Waals surface area contributed by atoms with Crippen LogP contribution in [-0.2, 0) is 12.8 Å². The Labute approximate surface area is 132 Å². The van der Waals surface area contributed by atoms with E-state index in [0.29, 0.717) is 36.4 Å². The molecule has 0 bridgehead atoms. The summed E-state index contributed by atoms with van der Waals surface area (Å²) < 4.78 is 14.8. The Hall–Kier alpha value is -2.63. The highest BCUT2D eigenvalue weighted by Crippen LogP contribution is 2.32. The van der Waals surface area contributed by atoms with Crippen LogP contribution in [0.1, 0.15) is 46.7 Å². The number of carbonyl (C=O) groups excluding carboxylic acids is 1. The van der Waals surface area contributed by atoms with Crippen molar-refractivity contribution in [3.05, 3.63) is 58.9 Å². The molecule has 0 N–H and O–H groups in total. The van der Waals surface area contributed by atoms with Gasteiger partial charge in [-0.15, -0.1) is 5.10 Å². The Morgan fingerprint density at radius 3 is 2.78 bits per heavy atom. The highest BCUT2D eigenvalue weighted by Gasteiger charge is 2.29. The summed E-state index contributed by atoms with van der Waals surface area (Å²) in [5, 5.41) is 4.45. The van der Waals surface area contributed by atoms with Crippen LogP contribution in [0.25, 0.3) is 5.78 Å². The maximum atomic E-state index is 13.1. The molecule has 3 aromatic rings. The lowest BCUT2D eigenvalue weighted by atomic mass is 9.82. The summed E-state index contributed by atoms with van der Waals surface area (Å²) in [6.07, 6.45) is 3.38. The lowest BCUT2D eigenvalue weighted by Crippen LogP contribution is -2.22. The summed E-state index contributed by atoms with van der Waals surface area (Å²) in [4.78, 5) is 21.1. The molecule has 0 spiro atoms. The van der Waals surface area contributed by atoms with Gasteiger partial charge in [0.15, 0.2) is 11.6 Å². The summed E-state index contributed by atoms with van der Waals surface area (Å²) in [7, 11) is 0. The summed E-state index contributed by atoms with van der Waals surface area (Å²) in [5.41, 5.74) is 2.42. The number of aryl methyl sites for hydroxylation is 1. The first kappa shape index (κ1) is 14.0. The number of hydrogen-bond acceptors (Lipinski definition) is 4. The van der Waals surface area contributed by atoms with E-state index in [1.807, 2.05) is 6.92 Å². The van der Waals surface area contributed by atoms with Gasteiger partial charge in [-0.05, 0) is 30.0 Å². The molecule has 1 aromatic carbocycles. The van der Waals surface area contributed by atoms with E-state index >= 15 is 0 Å². The standard InChI is InChI=1S/C17H15FN4O/c1-2-16-20-17-19-9-13-14(22(17)21-16)7-11(8-15(13)23)10-3-5-12(18)6-4-10/h3-6,9,11H,2,7-8H2,1H3. The molecular formula is C17H15FN4O. The van der Waals surface area contributed by atoms with Crippen molar-refractivity contribution in [1.29, 1.82) is 0 Å². The number of ketones is 1. The van der Waals surface area contributed by atoms with E-state index in [0.717, 1.165) is 11.3 Å². The minimum absolute atomic E-state index is 0.0236. The van der Waals surface area contributed by atoms with Crippen LogP contribution in [0, 0.1) is 5.82 Å². The Morgan fingerprint density at radius 1 is 1.26 bits per heavy atom. The molecule has 2 heterocycles. The van der Waals surface area contributed by atoms with Gasteiger partial charge in [0.05, 0.1) is 11.3 Å². The van der Waals surface area contributed by atoms with E-state index in [-0.39, 0.29) is 17.5 Å². The number of hydrogen-bond donors (Lipinski definition) is 0. The number of Topliss-reactive ketones (excluding diaryl/α,β-unsaturated/α-hetero) is 1. The van der Waals surface area contributed by atoms with E-state index in [1.165, 1.54) is 12.1 Å². The van der Waals surface area contributed by atoms with E-state index in [9.17, 15) is 9.18 Å². The molecule has 4 rings (SSSR count). The monoisotopic (exact) mass is 310 g/mol. The third kappa shape index (κ3) is 2.30. The molecule has 5 nitrogen and oxygen atoms in total. The zero-order chi connectivity index (χ0) is 16.0. The molecule has 0 fully saturated rings. The van der Waals surface area contributed by atoms with Gasteiger partial charge < -0.3 is 0 Å². The summed E-state index contributed by atoms with van der Waals surface area (Å²) in [6.45, 7) is 1.98. The lowest BCUT2D eigenvalue weighted by molar-refractivity contribution is 0.0962. The Morgan fingerprint density at radius 2 is 2.04 bits per heavy atom. The van der Waals surface area contributed by atoms with Gasteiger partial charge >= 0.3 is 0 Å². The van der Waals surface area contributed by atoms with E-state index in [1.54, 1.807) is 22.8 Å². The average molecular weight is 310 g/mol. The second kappa shape index (κ2) is 5.22. The minimum atomic E-state index is -0.272. The van der Waals surface area contributed by atoms with Crippen LogP contribution in [0.4, 0.5) is 4.39 Å². The Balaban J connectivity index is 1.81. The van der Waals surface area contributed by atoms with Gasteiger partial charge in [0.1, 0.15) is 5.82 Å². The molecule has 0 saturated heterocycles. The molecule has 0 amide bonds. The SMILES string of the molecule is CCc1nc2ncc3c(n2n1)CC(c1ccc(F)cc1)CC3=O. The molecule has 1 unspecified atom stereocenters. The maximum absolute atomic E-state index is 13.1. The first-order valence-electron chi connectivity index (χ1n) is 7.68. The molecule has 1 aliphatic rings. The number of rotatable bonds is 2. The molecule has 0 radical (unpaired) electrons. The number of halogens is 1. The Kier molecular flexibility index (Phi) is 3.18. The molecule has 0 saturated carbocycles. The average Bonchev–Trinajstić information content (AvgIpc) is 2.99. The molecule has 2 aromatic heterocycles. The zero-order valence-electron chi connectivity index (χ0n) is 12.7. The zero-order valence-corrected chi connectivity index (χ0v) is 12.7. The van der Waals surface area contributed by atoms with E-state index in [2.05, 4.69) is 15.1 Å². The molecule has 1 aliphatic carbocycles. The number of carbonyl (C=O) groups is 1. The quantitative estimate of drug-likeness (QED) is 0.730. The van der Waals surface area contributed by atoms with Crippen molar-refractivity contribution in [1.82, 2.24) is 19.6 Å². The highest BCUT2D eigenvalue weighted by molar-refractivity contribution is 5.98. The number of aromatic nitrogens is 4. The fraction of sp³-hybridized carbons (Fsp3) is 0.294. The predicted octanol–water partition coefficient (Wildman–Crippen LogP) is 2.74. The summed E-state index contributed by atoms with van der Waals surface area (Å²) in [6, 6.07) is 6.36. The van der Waals surface area contributed by atoms with Crippen molar-refractivity contribution in [3.63, 3.8) is 0 Å². The van der Waals surface area contributed by atoms with Crippen LogP contribution in [-0.4, -0.2) is 25.4 Å². The van der Waals surface area contributed by atoms with Crippen molar-refractivity contribution in [2.24, 2.45) is 0 Å². The second-order valence-corrected chi connectivity index (χ2v) is 5.79. The fourth-order valence-corrected chi connectivity index (χ4v) is 3.11. The minimum Gasteiger partial charge on any atom is -0.294 e. The van der Waals surface area contributed by atoms with Gasteiger partial charge in [0.2, 0.25) is 0 Å². The van der Waals surface area contributed by atoms with Gasteiger partial charge in [0.25, 0.3) is 5.78 Å². The molecule has 0 aliphatic heterocycles. The normalized spacial score (nSPS) is 17.5. The van der Waals surface area contributed by atoms with E-state index < -0.39 is 0 Å². The van der Waals surface area contributed by atoms with Crippen molar-refractivity contribution in [2.45, 2.75) is 32.1 Å². The van der Waals surface area contributed by atoms with Crippen LogP contribution >= 0.6 is 0 Å². The first-order chi connectivity index (χ1) is 11.2. The highest BCUT2D eigenvalue weighted by atomic mass is 19.1. The summed E-state index contributed by atoms with van der Waals surface area (Å²) >= 11 is 0. The van der Waals surface area contributed by atoms with Gasteiger partial charge in [-0.3, -0.25) is 4.79 Å². The third-order valence-corrected chi connectivity index (χ3v) is 4.34. The predicted molar refractivity (Wildman–Crippen MR) is 82.0 cm³/mol. The first-order valence-corrected chi connectivity index (χ1v) is 7.68. The topological polar surface area (TPSA) is 60.1 Å². The smallest absolute Gasteiger partial charge is 0.252 e. The molecular weight excluding hydrogens is 295 g/mol. The van der Waals surface area contributed by atoms with Crippen molar-refractivity contribution < 1.29 is 9.18 Å². The molecule has 1 atom stereocenters. The lowest BCUT2D eigenvalue weighted by Gasteiger charge is -2.23. The van der Waals surface area contributed by atoms with Crippen LogP contribution < -0.4 is 0 Å². The molecule has 6 heteroatoms. The maximum Gasteiger partial charge on any atom is 0.252 e. The number of benzene rings is 1. The van der Waals surface area contributed by atoms with Crippen LogP contribution in [0.15, 0.2) is 30.5 Å². The van der Waals surface area contributed by atoms with Crippen LogP contribution in [0.5, 0.6) is 0 Å². The van der Waals surface area contributed by atoms with Gasteiger partial charge in [-0.25, -0.2) is 13.9 Å². The van der Waals surface area contributed by atoms with Gasteiger partial charge in [-0.1, -0.05) is 19.1 Å². The van der Waals surface area contributed by atoms with Crippen molar-refractivity contribution in [3.8, 4) is 0 Å². The van der Waals surface area contributed by atoms with Crippen LogP contribution in [0.2, 0.25) is 0 Å². The van der Waals surface area contributed by atoms with Crippen molar-refractivity contribution in [2.75, 3.05) is 0 Å². The van der Waals surface area contributed by atoms with Gasteiger partial charge in [0, 0.05) is 19.0 Å².